The lowest BCUT2D eigenvalue weighted by Gasteiger charge is -2.33. The van der Waals surface area contributed by atoms with Gasteiger partial charge in [-0.2, -0.15) is 10.2 Å². The zero-order valence-electron chi connectivity index (χ0n) is 19.1. The highest BCUT2D eigenvalue weighted by atomic mass is 19.3. The molecule has 1 aliphatic heterocycles. The number of aromatic nitrogens is 6. The minimum absolute atomic E-state index is 0.110. The number of nitrogens with one attached hydrogen (secondary N) is 1. The van der Waals surface area contributed by atoms with Gasteiger partial charge in [0.25, 0.3) is 12.3 Å². The van der Waals surface area contributed by atoms with Crippen LogP contribution >= 0.6 is 0 Å². The van der Waals surface area contributed by atoms with E-state index in [1.165, 1.54) is 16.6 Å². The lowest BCUT2D eigenvalue weighted by atomic mass is 9.98. The smallest absolute Gasteiger partial charge is 0.265 e. The quantitative estimate of drug-likeness (QED) is 0.429. The van der Waals surface area contributed by atoms with Crippen molar-refractivity contribution in [1.29, 1.82) is 0 Å². The molecule has 0 bridgehead atoms. The molecule has 35 heavy (non-hydrogen) atoms. The van der Waals surface area contributed by atoms with Gasteiger partial charge in [0.2, 0.25) is 0 Å². The van der Waals surface area contributed by atoms with Gasteiger partial charge < -0.3 is 14.8 Å². The van der Waals surface area contributed by atoms with E-state index in [1.54, 1.807) is 34.2 Å². The van der Waals surface area contributed by atoms with Gasteiger partial charge >= 0.3 is 0 Å². The average molecular weight is 476 g/mol. The Hall–Kier alpha value is -4.28. The molecule has 0 saturated heterocycles. The van der Waals surface area contributed by atoms with Crippen molar-refractivity contribution in [2.75, 3.05) is 25.5 Å². The first kappa shape index (κ1) is 21.3. The zero-order valence-corrected chi connectivity index (χ0v) is 19.1. The van der Waals surface area contributed by atoms with Crippen LogP contribution in [0.15, 0.2) is 55.2 Å². The van der Waals surface area contributed by atoms with Crippen molar-refractivity contribution in [3.8, 4) is 0 Å². The van der Waals surface area contributed by atoms with Crippen molar-refractivity contribution < 1.29 is 13.6 Å². The summed E-state index contributed by atoms with van der Waals surface area (Å²) in [5.74, 6) is -0.220. The molecule has 0 unspecified atom stereocenters. The van der Waals surface area contributed by atoms with Crippen LogP contribution < -0.4 is 4.90 Å². The van der Waals surface area contributed by atoms with E-state index in [2.05, 4.69) is 20.2 Å². The average Bonchev–Trinajstić information content (AvgIpc) is 3.59. The topological polar surface area (TPSA) is 86.8 Å². The van der Waals surface area contributed by atoms with E-state index in [-0.39, 0.29) is 11.5 Å². The van der Waals surface area contributed by atoms with E-state index < -0.39 is 12.5 Å². The van der Waals surface area contributed by atoms with Gasteiger partial charge in [0.15, 0.2) is 0 Å². The van der Waals surface area contributed by atoms with Crippen LogP contribution in [0.4, 0.5) is 14.5 Å². The highest BCUT2D eigenvalue weighted by molar-refractivity contribution is 6.01. The number of hydrogen-bond donors (Lipinski definition) is 1. The second kappa shape index (κ2) is 7.90. The number of pyridine rings is 2. The molecule has 1 amide bonds. The second-order valence-electron chi connectivity index (χ2n) is 8.75. The molecule has 5 aromatic heterocycles. The Kier molecular flexibility index (Phi) is 4.80. The number of alkyl halides is 2. The summed E-state index contributed by atoms with van der Waals surface area (Å²) in [6.45, 7) is 0.418. The minimum atomic E-state index is -2.64. The van der Waals surface area contributed by atoms with E-state index in [4.69, 9.17) is 0 Å². The van der Waals surface area contributed by atoms with Crippen molar-refractivity contribution in [1.82, 2.24) is 34.1 Å². The number of anilines is 1. The molecule has 0 aliphatic carbocycles. The Morgan fingerprint density at radius 2 is 2.06 bits per heavy atom. The predicted octanol–water partition coefficient (Wildman–Crippen LogP) is 3.50. The third-order valence-corrected chi connectivity index (χ3v) is 6.50. The fraction of sp³-hybridized carbons (Fsp3) is 0.250. The molecule has 1 N–H and O–H groups in total. The molecule has 1 atom stereocenters. The van der Waals surface area contributed by atoms with Crippen LogP contribution in [-0.4, -0.2) is 60.6 Å². The van der Waals surface area contributed by atoms with Gasteiger partial charge in [0.1, 0.15) is 6.04 Å². The molecule has 9 nitrogen and oxygen atoms in total. The third kappa shape index (κ3) is 3.34. The number of hydrogen-bond acceptors (Lipinski definition) is 5. The molecule has 0 spiro atoms. The van der Waals surface area contributed by atoms with Gasteiger partial charge in [-0.1, -0.05) is 0 Å². The number of amides is 1. The van der Waals surface area contributed by atoms with Gasteiger partial charge in [0, 0.05) is 44.5 Å². The van der Waals surface area contributed by atoms with Crippen LogP contribution in [0.5, 0.6) is 0 Å². The first-order valence-corrected chi connectivity index (χ1v) is 11.2. The number of imidazole rings is 1. The number of nitrogens with zero attached hydrogens (tertiary/aromatic N) is 7. The maximum Gasteiger partial charge on any atom is 0.265 e. The fourth-order valence-corrected chi connectivity index (χ4v) is 4.73. The Balaban J connectivity index is 1.46. The molecule has 0 aromatic carbocycles. The van der Waals surface area contributed by atoms with Gasteiger partial charge in [-0.3, -0.25) is 4.79 Å². The molecule has 6 heterocycles. The summed E-state index contributed by atoms with van der Waals surface area (Å²) in [6, 6.07) is 7.72. The molecule has 0 fully saturated rings. The summed E-state index contributed by atoms with van der Waals surface area (Å²) in [5.41, 5.74) is 4.33. The second-order valence-corrected chi connectivity index (χ2v) is 8.75. The minimum Gasteiger partial charge on any atom is -0.376 e. The highest BCUT2D eigenvalue weighted by Gasteiger charge is 2.37. The fourth-order valence-electron chi connectivity index (χ4n) is 4.73. The lowest BCUT2D eigenvalue weighted by molar-refractivity contribution is 0.0689. The normalized spacial score (nSPS) is 15.8. The first-order chi connectivity index (χ1) is 16.9. The van der Waals surface area contributed by atoms with Gasteiger partial charge in [0.05, 0.1) is 52.4 Å². The molecule has 0 saturated carbocycles. The van der Waals surface area contributed by atoms with Crippen LogP contribution in [0.3, 0.4) is 0 Å². The largest absolute Gasteiger partial charge is 0.376 e. The summed E-state index contributed by atoms with van der Waals surface area (Å²) in [4.78, 5) is 25.1. The molecule has 1 aliphatic rings. The summed E-state index contributed by atoms with van der Waals surface area (Å²) >= 11 is 0. The van der Waals surface area contributed by atoms with Crippen LogP contribution in [-0.2, 0) is 6.42 Å². The predicted molar refractivity (Wildman–Crippen MR) is 125 cm³/mol. The number of aromatic amines is 1. The van der Waals surface area contributed by atoms with Crippen molar-refractivity contribution in [3.63, 3.8) is 0 Å². The summed E-state index contributed by atoms with van der Waals surface area (Å²) < 4.78 is 30.4. The molecule has 178 valence electrons. The number of carbonyl (C=O) groups is 1. The van der Waals surface area contributed by atoms with Crippen molar-refractivity contribution in [2.24, 2.45) is 0 Å². The summed E-state index contributed by atoms with van der Waals surface area (Å²) in [5, 5.41) is 8.97. The summed E-state index contributed by atoms with van der Waals surface area (Å²) in [7, 11) is 3.87. The Labute approximate surface area is 198 Å². The number of rotatable bonds is 4. The van der Waals surface area contributed by atoms with E-state index >= 15 is 0 Å². The number of fused-ring (bicyclic) bond motifs is 3. The van der Waals surface area contributed by atoms with Crippen molar-refractivity contribution in [3.05, 3.63) is 83.5 Å². The third-order valence-electron chi connectivity index (χ3n) is 6.50. The molecular formula is C24H22F2N8O. The maximum absolute atomic E-state index is 13.9. The molecule has 11 heteroatoms. The molecule has 5 aromatic rings. The van der Waals surface area contributed by atoms with E-state index in [0.717, 1.165) is 11.4 Å². The molecule has 0 radical (unpaired) electrons. The number of carbonyl (C=O) groups excluding carboxylic acids is 1. The van der Waals surface area contributed by atoms with Gasteiger partial charge in [-0.15, -0.1) is 0 Å². The Morgan fingerprint density at radius 1 is 1.20 bits per heavy atom. The highest BCUT2D eigenvalue weighted by Crippen LogP contribution is 2.36. The summed E-state index contributed by atoms with van der Waals surface area (Å²) in [6.07, 6.45) is 4.59. The van der Waals surface area contributed by atoms with Crippen LogP contribution in [0, 0.1) is 0 Å². The zero-order chi connectivity index (χ0) is 24.3. The van der Waals surface area contributed by atoms with Crippen LogP contribution in [0.25, 0.3) is 11.0 Å². The van der Waals surface area contributed by atoms with Crippen molar-refractivity contribution in [2.45, 2.75) is 18.9 Å². The van der Waals surface area contributed by atoms with E-state index in [0.29, 0.717) is 41.0 Å². The SMILES string of the molecule is CN(C)c1ccc2c(C(=O)N3CCc4[nH]cnc4[C@H]3c3cc4c(C(F)F)cccn4n3)cnn2c1. The lowest BCUT2D eigenvalue weighted by Crippen LogP contribution is -2.41. The monoisotopic (exact) mass is 476 g/mol. The van der Waals surface area contributed by atoms with E-state index in [1.807, 2.05) is 37.3 Å². The van der Waals surface area contributed by atoms with Gasteiger partial charge in [-0.25, -0.2) is 22.8 Å². The van der Waals surface area contributed by atoms with Crippen LogP contribution in [0.2, 0.25) is 0 Å². The number of halogens is 2. The van der Waals surface area contributed by atoms with Crippen LogP contribution in [0.1, 0.15) is 45.5 Å². The van der Waals surface area contributed by atoms with Gasteiger partial charge in [-0.05, 0) is 30.3 Å². The first-order valence-electron chi connectivity index (χ1n) is 11.2. The number of H-pyrrole nitrogens is 1. The van der Waals surface area contributed by atoms with Crippen molar-refractivity contribution >= 4 is 22.6 Å². The Bertz CT molecular complexity index is 1570. The standard InChI is InChI=1S/C24H22F2N8O/c1-31(2)14-5-6-19-16(11-29-34(19)12-14)24(35)32-9-7-17-21(28-13-27-17)22(32)18-10-20-15(23(25)26)4-3-8-33(20)30-18/h3-6,8,10-13,22-23H,7,9H2,1-2H3,(H,27,28)/t22-/m1/s1. The molecular weight excluding hydrogens is 454 g/mol. The maximum atomic E-state index is 13.9. The Morgan fingerprint density at radius 3 is 2.86 bits per heavy atom. The molecule has 6 rings (SSSR count). The van der Waals surface area contributed by atoms with E-state index in [9.17, 15) is 13.6 Å².